The van der Waals surface area contributed by atoms with E-state index in [9.17, 15) is 22.8 Å². The number of unbranched alkanes of at least 4 members (excludes halogenated alkanes) is 1. The lowest BCUT2D eigenvalue weighted by atomic mass is 10.1. The van der Waals surface area contributed by atoms with E-state index >= 15 is 0 Å². The first-order chi connectivity index (χ1) is 17.2. The average molecular weight is 590 g/mol. The molecule has 0 heterocycles. The third-order valence-corrected chi connectivity index (χ3v) is 8.08. The smallest absolute Gasteiger partial charge is 0.264 e. The van der Waals surface area contributed by atoms with Gasteiger partial charge in [-0.05, 0) is 73.0 Å². The lowest BCUT2D eigenvalue weighted by molar-refractivity contribution is -0.117. The number of carbonyl (C=O) groups is 3. The lowest BCUT2D eigenvalue weighted by Gasteiger charge is -2.11. The van der Waals surface area contributed by atoms with Gasteiger partial charge in [-0.25, -0.2) is 13.1 Å². The van der Waals surface area contributed by atoms with Crippen LogP contribution in [0.5, 0.6) is 0 Å². The minimum absolute atomic E-state index is 0.105. The molecule has 188 valence electrons. The number of carbonyl (C=O) groups excluding carboxylic acids is 3. The second kappa shape index (κ2) is 12.8. The highest BCUT2D eigenvalue weighted by Gasteiger charge is 2.18. The van der Waals surface area contributed by atoms with Gasteiger partial charge < -0.3 is 5.32 Å². The summed E-state index contributed by atoms with van der Waals surface area (Å²) in [6.45, 7) is 1.11. The molecule has 0 radical (unpaired) electrons. The zero-order valence-electron chi connectivity index (χ0n) is 19.5. The Kier molecular flexibility index (Phi) is 9.86. The van der Waals surface area contributed by atoms with Crippen molar-refractivity contribution >= 4 is 60.3 Å². The zero-order chi connectivity index (χ0) is 26.1. The number of rotatable bonds is 10. The first kappa shape index (κ1) is 27.6. The minimum Gasteiger partial charge on any atom is -0.322 e. The summed E-state index contributed by atoms with van der Waals surface area (Å²) in [5, 5.41) is 3.51. The number of benzene rings is 3. The van der Waals surface area contributed by atoms with Gasteiger partial charge in [0.05, 0.1) is 10.5 Å². The van der Waals surface area contributed by atoms with Gasteiger partial charge in [0.15, 0.2) is 0 Å². The highest BCUT2D eigenvalue weighted by Crippen LogP contribution is 2.27. The van der Waals surface area contributed by atoms with Gasteiger partial charge in [-0.2, -0.15) is 0 Å². The van der Waals surface area contributed by atoms with Crippen molar-refractivity contribution in [3.8, 4) is 0 Å². The number of alkyl halides is 1. The predicted octanol–water partition coefficient (Wildman–Crippen LogP) is 5.41. The van der Waals surface area contributed by atoms with E-state index in [1.807, 2.05) is 16.9 Å². The van der Waals surface area contributed by atoms with Crippen LogP contribution in [0.4, 0.5) is 5.69 Å². The molecule has 0 atom stereocenters. The molecule has 3 aromatic carbocycles. The van der Waals surface area contributed by atoms with Gasteiger partial charge in [0, 0.05) is 28.4 Å². The normalized spacial score (nSPS) is 11.1. The third-order valence-electron chi connectivity index (χ3n) is 5.07. The van der Waals surface area contributed by atoms with E-state index in [1.165, 1.54) is 29.8 Å². The molecular weight excluding hydrogens is 564 g/mol. The van der Waals surface area contributed by atoms with E-state index < -0.39 is 21.8 Å². The SMILES string of the molecule is CC(=O)NS(=O)(=O)c1ccc(NC(=O)c2ccccc2SC(=O)c2ccc(CCCCBr)cc2)cc1. The van der Waals surface area contributed by atoms with Gasteiger partial charge in [-0.15, -0.1) is 0 Å². The average Bonchev–Trinajstić information content (AvgIpc) is 2.84. The summed E-state index contributed by atoms with van der Waals surface area (Å²) in [5.74, 6) is -1.14. The van der Waals surface area contributed by atoms with Crippen LogP contribution < -0.4 is 10.0 Å². The monoisotopic (exact) mass is 588 g/mol. The molecule has 0 saturated carbocycles. The molecular formula is C26H25BrN2O5S2. The molecule has 0 unspecified atom stereocenters. The number of aryl methyl sites for hydroxylation is 1. The highest BCUT2D eigenvalue weighted by atomic mass is 79.9. The Morgan fingerprint density at radius 2 is 1.56 bits per heavy atom. The fourth-order valence-corrected chi connectivity index (χ4v) is 5.56. The van der Waals surface area contributed by atoms with E-state index in [-0.39, 0.29) is 10.0 Å². The molecule has 10 heteroatoms. The van der Waals surface area contributed by atoms with Gasteiger partial charge in [-0.1, -0.05) is 52.3 Å². The van der Waals surface area contributed by atoms with E-state index in [1.54, 1.807) is 36.4 Å². The number of anilines is 1. The van der Waals surface area contributed by atoms with E-state index in [0.29, 0.717) is 21.7 Å². The fourth-order valence-electron chi connectivity index (χ4n) is 3.30. The Balaban J connectivity index is 1.69. The number of hydrogen-bond acceptors (Lipinski definition) is 6. The van der Waals surface area contributed by atoms with Crippen LogP contribution in [-0.4, -0.2) is 30.7 Å². The molecule has 0 bridgehead atoms. The lowest BCUT2D eigenvalue weighted by Crippen LogP contribution is -2.28. The second-order valence-electron chi connectivity index (χ2n) is 7.87. The summed E-state index contributed by atoms with van der Waals surface area (Å²) in [4.78, 5) is 37.3. The van der Waals surface area contributed by atoms with Gasteiger partial charge in [0.25, 0.3) is 15.9 Å². The number of sulfonamides is 1. The Bertz CT molecular complexity index is 1340. The standard InChI is InChI=1S/C26H25BrN2O5S2/c1-18(30)29-36(33,34)22-15-13-21(14-16-22)28-25(31)23-7-2-3-8-24(23)35-26(32)20-11-9-19(10-12-20)6-4-5-17-27/h2-3,7-16H,4-6,17H2,1H3,(H,28,31)(H,29,30). The van der Waals surface area contributed by atoms with Crippen molar-refractivity contribution < 1.29 is 22.8 Å². The molecule has 3 rings (SSSR count). The highest BCUT2D eigenvalue weighted by molar-refractivity contribution is 9.09. The molecule has 0 spiro atoms. The van der Waals surface area contributed by atoms with Gasteiger partial charge in [-0.3, -0.25) is 14.4 Å². The first-order valence-corrected chi connectivity index (χ1v) is 14.5. The van der Waals surface area contributed by atoms with Crippen molar-refractivity contribution in [3.63, 3.8) is 0 Å². The van der Waals surface area contributed by atoms with Crippen LogP contribution in [0.1, 0.15) is 46.0 Å². The molecule has 0 fully saturated rings. The molecule has 7 nitrogen and oxygen atoms in total. The number of hydrogen-bond donors (Lipinski definition) is 2. The summed E-state index contributed by atoms with van der Waals surface area (Å²) >= 11 is 4.40. The fraction of sp³-hybridized carbons (Fsp3) is 0.192. The van der Waals surface area contributed by atoms with E-state index in [2.05, 4.69) is 21.2 Å². The molecule has 0 aliphatic heterocycles. The topological polar surface area (TPSA) is 109 Å². The van der Waals surface area contributed by atoms with Crippen molar-refractivity contribution in [1.29, 1.82) is 0 Å². The Hall–Kier alpha value is -2.95. The van der Waals surface area contributed by atoms with Gasteiger partial charge in [0.2, 0.25) is 11.0 Å². The molecule has 3 aromatic rings. The Morgan fingerprint density at radius 1 is 0.889 bits per heavy atom. The van der Waals surface area contributed by atoms with E-state index in [4.69, 9.17) is 0 Å². The molecule has 36 heavy (non-hydrogen) atoms. The van der Waals surface area contributed by atoms with Crippen LogP contribution >= 0.6 is 27.7 Å². The molecule has 0 aliphatic rings. The van der Waals surface area contributed by atoms with Crippen LogP contribution in [0, 0.1) is 0 Å². The van der Waals surface area contributed by atoms with Crippen molar-refractivity contribution in [2.75, 3.05) is 10.6 Å². The van der Waals surface area contributed by atoms with E-state index in [0.717, 1.165) is 43.3 Å². The molecule has 0 aromatic heterocycles. The quantitative estimate of drug-likeness (QED) is 0.186. The van der Waals surface area contributed by atoms with Crippen molar-refractivity contribution in [1.82, 2.24) is 4.72 Å². The van der Waals surface area contributed by atoms with Crippen LogP contribution in [0.15, 0.2) is 82.6 Å². The molecule has 0 saturated heterocycles. The first-order valence-electron chi connectivity index (χ1n) is 11.1. The van der Waals surface area contributed by atoms with Crippen LogP contribution in [0.2, 0.25) is 0 Å². The van der Waals surface area contributed by atoms with Gasteiger partial charge in [0.1, 0.15) is 0 Å². The summed E-state index contributed by atoms with van der Waals surface area (Å²) in [7, 11) is -3.97. The second-order valence-corrected chi connectivity index (χ2v) is 11.4. The largest absolute Gasteiger partial charge is 0.322 e. The Morgan fingerprint density at radius 3 is 2.19 bits per heavy atom. The van der Waals surface area contributed by atoms with Crippen LogP contribution in [0.3, 0.4) is 0 Å². The Labute approximate surface area is 223 Å². The predicted molar refractivity (Wildman–Crippen MR) is 145 cm³/mol. The third kappa shape index (κ3) is 7.78. The van der Waals surface area contributed by atoms with Crippen molar-refractivity contribution in [2.45, 2.75) is 36.0 Å². The maximum Gasteiger partial charge on any atom is 0.264 e. The summed E-state index contributed by atoms with van der Waals surface area (Å²) in [5.41, 5.74) is 2.41. The zero-order valence-corrected chi connectivity index (χ0v) is 22.7. The number of thioether (sulfide) groups is 1. The molecule has 0 aliphatic carbocycles. The molecule has 2 N–H and O–H groups in total. The van der Waals surface area contributed by atoms with Crippen molar-refractivity contribution in [2.24, 2.45) is 0 Å². The number of amides is 2. The van der Waals surface area contributed by atoms with Crippen LogP contribution in [0.25, 0.3) is 0 Å². The maximum atomic E-state index is 12.9. The maximum absolute atomic E-state index is 12.9. The summed E-state index contributed by atoms with van der Waals surface area (Å²) in [6, 6.07) is 19.7. The number of nitrogens with one attached hydrogen (secondary N) is 2. The van der Waals surface area contributed by atoms with Crippen molar-refractivity contribution in [3.05, 3.63) is 89.5 Å². The number of halogens is 1. The van der Waals surface area contributed by atoms with Gasteiger partial charge >= 0.3 is 0 Å². The summed E-state index contributed by atoms with van der Waals surface area (Å²) in [6.07, 6.45) is 3.12. The van der Waals surface area contributed by atoms with Crippen LogP contribution in [-0.2, 0) is 21.2 Å². The molecule has 2 amide bonds. The minimum atomic E-state index is -3.97. The summed E-state index contributed by atoms with van der Waals surface area (Å²) < 4.78 is 26.1.